The van der Waals surface area contributed by atoms with E-state index < -0.39 is 0 Å². The van der Waals surface area contributed by atoms with E-state index in [-0.39, 0.29) is 17.9 Å². The summed E-state index contributed by atoms with van der Waals surface area (Å²) in [5.74, 6) is 0.265. The molecule has 0 saturated carbocycles. The number of carbonyl (C=O) groups excluding carboxylic acids is 1. The van der Waals surface area contributed by atoms with E-state index in [0.29, 0.717) is 0 Å². The number of nitrogens with zero attached hydrogens (tertiary/aromatic N) is 1. The number of rotatable bonds is 7. The predicted octanol–water partition coefficient (Wildman–Crippen LogP) is 2.38. The Morgan fingerprint density at radius 3 is 2.78 bits per heavy atom. The molecule has 1 aromatic rings. The normalized spacial score (nSPS) is 14.2. The Morgan fingerprint density at radius 1 is 1.50 bits per heavy atom. The maximum absolute atomic E-state index is 12.2. The lowest BCUT2D eigenvalue weighted by molar-refractivity contribution is -0.135. The average molecular weight is 268 g/mol. The van der Waals surface area contributed by atoms with E-state index in [1.165, 1.54) is 4.88 Å². The molecule has 3 nitrogen and oxygen atoms in total. The number of thiophene rings is 1. The Morgan fingerprint density at radius 2 is 2.22 bits per heavy atom. The Labute approximate surface area is 114 Å². The molecule has 0 fully saturated rings. The molecule has 0 radical (unpaired) electrons. The summed E-state index contributed by atoms with van der Waals surface area (Å²) in [7, 11) is 1.91. The van der Waals surface area contributed by atoms with Gasteiger partial charge in [-0.2, -0.15) is 0 Å². The first-order valence-corrected chi connectivity index (χ1v) is 7.44. The van der Waals surface area contributed by atoms with Crippen molar-refractivity contribution in [2.24, 2.45) is 5.92 Å². The summed E-state index contributed by atoms with van der Waals surface area (Å²) in [6.45, 7) is 7.81. The average Bonchev–Trinajstić information content (AvgIpc) is 2.86. The third kappa shape index (κ3) is 4.42. The van der Waals surface area contributed by atoms with Gasteiger partial charge in [0.15, 0.2) is 0 Å². The van der Waals surface area contributed by atoms with Crippen LogP contribution in [0.15, 0.2) is 17.5 Å². The second-order valence-electron chi connectivity index (χ2n) is 4.79. The fraction of sp³-hybridized carbons (Fsp3) is 0.643. The first-order valence-electron chi connectivity index (χ1n) is 6.56. The summed E-state index contributed by atoms with van der Waals surface area (Å²) >= 11 is 1.75. The summed E-state index contributed by atoms with van der Waals surface area (Å²) in [5.41, 5.74) is 0. The van der Waals surface area contributed by atoms with E-state index in [9.17, 15) is 4.79 Å². The molecule has 0 spiro atoms. The summed E-state index contributed by atoms with van der Waals surface area (Å²) < 4.78 is 0. The lowest BCUT2D eigenvalue weighted by Crippen LogP contribution is -2.42. The first kappa shape index (κ1) is 15.2. The maximum atomic E-state index is 12.2. The molecule has 0 aliphatic rings. The van der Waals surface area contributed by atoms with Crippen molar-refractivity contribution in [3.8, 4) is 0 Å². The van der Waals surface area contributed by atoms with E-state index in [1.807, 2.05) is 18.9 Å². The van der Waals surface area contributed by atoms with E-state index in [2.05, 4.69) is 36.7 Å². The van der Waals surface area contributed by atoms with Crippen LogP contribution in [0.2, 0.25) is 0 Å². The molecule has 4 heteroatoms. The van der Waals surface area contributed by atoms with Gasteiger partial charge in [-0.25, -0.2) is 0 Å². The van der Waals surface area contributed by atoms with Gasteiger partial charge in [-0.15, -0.1) is 11.3 Å². The van der Waals surface area contributed by atoms with Crippen LogP contribution in [0.5, 0.6) is 0 Å². The number of amides is 1. The molecule has 2 atom stereocenters. The molecule has 0 bridgehead atoms. The highest BCUT2D eigenvalue weighted by molar-refractivity contribution is 7.09. The second-order valence-corrected chi connectivity index (χ2v) is 5.82. The van der Waals surface area contributed by atoms with Crippen molar-refractivity contribution >= 4 is 17.2 Å². The first-order chi connectivity index (χ1) is 8.56. The molecule has 1 rings (SSSR count). The number of nitrogens with one attached hydrogen (secondary N) is 1. The van der Waals surface area contributed by atoms with Gasteiger partial charge in [0.2, 0.25) is 5.91 Å². The quantitative estimate of drug-likeness (QED) is 0.823. The molecular weight excluding hydrogens is 244 g/mol. The van der Waals surface area contributed by atoms with Crippen molar-refractivity contribution < 1.29 is 4.79 Å². The molecule has 1 amide bonds. The highest BCUT2D eigenvalue weighted by atomic mass is 32.1. The van der Waals surface area contributed by atoms with Crippen LogP contribution in [-0.4, -0.2) is 37.0 Å². The van der Waals surface area contributed by atoms with E-state index in [0.717, 1.165) is 19.5 Å². The lowest BCUT2D eigenvalue weighted by Gasteiger charge is -2.27. The van der Waals surface area contributed by atoms with Crippen LogP contribution >= 0.6 is 11.3 Å². The third-order valence-electron chi connectivity index (χ3n) is 3.21. The van der Waals surface area contributed by atoms with Crippen molar-refractivity contribution in [1.82, 2.24) is 10.2 Å². The summed E-state index contributed by atoms with van der Waals surface area (Å²) in [4.78, 5) is 15.4. The van der Waals surface area contributed by atoms with Crippen LogP contribution in [0, 0.1) is 5.92 Å². The molecule has 18 heavy (non-hydrogen) atoms. The SMILES string of the molecule is CCNCC(C)C(=O)N(C)C(C)Cc1cccs1. The van der Waals surface area contributed by atoms with Gasteiger partial charge >= 0.3 is 0 Å². The van der Waals surface area contributed by atoms with Crippen molar-refractivity contribution in [2.45, 2.75) is 33.2 Å². The fourth-order valence-electron chi connectivity index (χ4n) is 1.87. The van der Waals surface area contributed by atoms with Gasteiger partial charge < -0.3 is 10.2 Å². The van der Waals surface area contributed by atoms with Crippen LogP contribution < -0.4 is 5.32 Å². The predicted molar refractivity (Wildman–Crippen MR) is 78.0 cm³/mol. The van der Waals surface area contributed by atoms with Crippen LogP contribution in [0.3, 0.4) is 0 Å². The van der Waals surface area contributed by atoms with E-state index in [1.54, 1.807) is 11.3 Å². The number of likely N-dealkylation sites (N-methyl/N-ethyl adjacent to an activating group) is 1. The molecule has 0 aliphatic carbocycles. The molecule has 1 heterocycles. The molecule has 1 N–H and O–H groups in total. The number of hydrogen-bond acceptors (Lipinski definition) is 3. The van der Waals surface area contributed by atoms with Crippen molar-refractivity contribution in [3.63, 3.8) is 0 Å². The van der Waals surface area contributed by atoms with Gasteiger partial charge in [0.25, 0.3) is 0 Å². The Hall–Kier alpha value is -0.870. The number of hydrogen-bond donors (Lipinski definition) is 1. The van der Waals surface area contributed by atoms with Crippen molar-refractivity contribution in [3.05, 3.63) is 22.4 Å². The molecule has 1 aromatic heterocycles. The zero-order chi connectivity index (χ0) is 13.5. The van der Waals surface area contributed by atoms with Gasteiger partial charge in [0, 0.05) is 36.9 Å². The molecule has 2 unspecified atom stereocenters. The Bertz CT molecular complexity index is 351. The fourth-order valence-corrected chi connectivity index (χ4v) is 2.70. The topological polar surface area (TPSA) is 32.3 Å². The Kier molecular flexibility index (Phi) is 6.36. The Balaban J connectivity index is 2.46. The zero-order valence-corrected chi connectivity index (χ0v) is 12.6. The highest BCUT2D eigenvalue weighted by Gasteiger charge is 2.21. The lowest BCUT2D eigenvalue weighted by atomic mass is 10.1. The van der Waals surface area contributed by atoms with E-state index >= 15 is 0 Å². The van der Waals surface area contributed by atoms with Gasteiger partial charge in [0.1, 0.15) is 0 Å². The van der Waals surface area contributed by atoms with Crippen LogP contribution in [0.25, 0.3) is 0 Å². The minimum atomic E-state index is 0.0423. The van der Waals surface area contributed by atoms with Gasteiger partial charge in [0.05, 0.1) is 0 Å². The largest absolute Gasteiger partial charge is 0.342 e. The molecule has 102 valence electrons. The second kappa shape index (κ2) is 7.54. The standard InChI is InChI=1S/C14H24N2OS/c1-5-15-10-11(2)14(17)16(4)12(3)9-13-7-6-8-18-13/h6-8,11-12,15H,5,9-10H2,1-4H3. The van der Waals surface area contributed by atoms with Gasteiger partial charge in [-0.3, -0.25) is 4.79 Å². The summed E-state index contributed by atoms with van der Waals surface area (Å²) in [6, 6.07) is 4.43. The minimum Gasteiger partial charge on any atom is -0.342 e. The molecule has 0 aromatic carbocycles. The summed E-state index contributed by atoms with van der Waals surface area (Å²) in [6.07, 6.45) is 0.938. The molecule has 0 saturated heterocycles. The molecule has 0 aliphatic heterocycles. The third-order valence-corrected chi connectivity index (χ3v) is 4.11. The number of carbonyl (C=O) groups is 1. The van der Waals surface area contributed by atoms with Crippen LogP contribution in [-0.2, 0) is 11.2 Å². The van der Waals surface area contributed by atoms with Gasteiger partial charge in [-0.1, -0.05) is 19.9 Å². The van der Waals surface area contributed by atoms with E-state index in [4.69, 9.17) is 0 Å². The maximum Gasteiger partial charge on any atom is 0.226 e. The van der Waals surface area contributed by atoms with Crippen molar-refractivity contribution in [2.75, 3.05) is 20.1 Å². The smallest absolute Gasteiger partial charge is 0.226 e. The van der Waals surface area contributed by atoms with Crippen LogP contribution in [0.1, 0.15) is 25.6 Å². The summed E-state index contributed by atoms with van der Waals surface area (Å²) in [5, 5.41) is 5.30. The van der Waals surface area contributed by atoms with Crippen LogP contribution in [0.4, 0.5) is 0 Å². The monoisotopic (exact) mass is 268 g/mol. The van der Waals surface area contributed by atoms with Crippen molar-refractivity contribution in [1.29, 1.82) is 0 Å². The minimum absolute atomic E-state index is 0.0423. The van der Waals surface area contributed by atoms with Gasteiger partial charge in [-0.05, 0) is 24.9 Å². The zero-order valence-electron chi connectivity index (χ0n) is 11.8. The molecular formula is C14H24N2OS. The highest BCUT2D eigenvalue weighted by Crippen LogP contribution is 2.14.